The van der Waals surface area contributed by atoms with Crippen LogP contribution in [0.25, 0.3) is 0 Å². The molecule has 0 radical (unpaired) electrons. The molecule has 1 saturated heterocycles. The molecule has 2 bridgehead atoms. The molecule has 3 heterocycles. The number of nitrogens with zero attached hydrogens (tertiary/aromatic N) is 3. The summed E-state index contributed by atoms with van der Waals surface area (Å²) >= 11 is 6.10. The van der Waals surface area contributed by atoms with Crippen LogP contribution in [-0.4, -0.2) is 49.8 Å². The number of aromatic nitrogens is 2. The van der Waals surface area contributed by atoms with Crippen LogP contribution in [0.2, 0.25) is 5.02 Å². The van der Waals surface area contributed by atoms with E-state index in [1.54, 1.807) is 0 Å². The number of anilines is 2. The highest BCUT2D eigenvalue weighted by molar-refractivity contribution is 7.85. The van der Waals surface area contributed by atoms with Crippen molar-refractivity contribution >= 4 is 34.2 Å². The van der Waals surface area contributed by atoms with Crippen LogP contribution in [0.4, 0.5) is 11.8 Å². The van der Waals surface area contributed by atoms with E-state index in [4.69, 9.17) is 21.6 Å². The number of piperidine rings is 1. The first-order valence-corrected chi connectivity index (χ1v) is 13.9. The fourth-order valence-corrected chi connectivity index (χ4v) is 8.63. The van der Waals surface area contributed by atoms with Crippen LogP contribution >= 0.6 is 11.6 Å². The van der Waals surface area contributed by atoms with E-state index < -0.39 is 10.8 Å². The predicted molar refractivity (Wildman–Crippen MR) is 130 cm³/mol. The summed E-state index contributed by atoms with van der Waals surface area (Å²) in [4.78, 5) is 13.3. The second-order valence-corrected chi connectivity index (χ2v) is 12.8. The first-order chi connectivity index (χ1) is 16.0. The molecule has 7 rings (SSSR count). The number of hydrogen-bond donors (Lipinski definition) is 2. The minimum Gasteiger partial charge on any atom is -0.394 e. The van der Waals surface area contributed by atoms with Crippen LogP contribution in [0.5, 0.6) is 0 Å². The van der Waals surface area contributed by atoms with Gasteiger partial charge in [0.25, 0.3) is 0 Å². The lowest BCUT2D eigenvalue weighted by atomic mass is 9.77. The Morgan fingerprint density at radius 2 is 1.94 bits per heavy atom. The second kappa shape index (κ2) is 7.15. The SMILES string of the molecule is O=S1CC2(CC2)c2nc(N3CC4CC3CC4c3ccc(Cl)cc3)nc(NC3(CO)CCC3)c21. The Kier molecular flexibility index (Phi) is 4.48. The first-order valence-electron chi connectivity index (χ1n) is 12.2. The molecule has 0 amide bonds. The van der Waals surface area contributed by atoms with E-state index in [0.717, 1.165) is 73.1 Å². The Hall–Kier alpha value is -1.70. The highest BCUT2D eigenvalue weighted by Crippen LogP contribution is 2.57. The zero-order valence-corrected chi connectivity index (χ0v) is 20.2. The van der Waals surface area contributed by atoms with Gasteiger partial charge in [0.1, 0.15) is 10.7 Å². The topological polar surface area (TPSA) is 78.4 Å². The van der Waals surface area contributed by atoms with Crippen molar-refractivity contribution in [3.05, 3.63) is 40.5 Å². The van der Waals surface area contributed by atoms with Crippen LogP contribution in [0.3, 0.4) is 0 Å². The molecule has 2 aliphatic heterocycles. The van der Waals surface area contributed by atoms with Gasteiger partial charge < -0.3 is 15.3 Å². The number of hydrogen-bond acceptors (Lipinski definition) is 6. The van der Waals surface area contributed by atoms with Gasteiger partial charge in [0.05, 0.1) is 28.6 Å². The van der Waals surface area contributed by atoms with Gasteiger partial charge in [0.2, 0.25) is 5.95 Å². The van der Waals surface area contributed by atoms with Crippen LogP contribution < -0.4 is 10.2 Å². The average Bonchev–Trinajstić information content (AvgIpc) is 3.14. The summed E-state index contributed by atoms with van der Waals surface area (Å²) in [5.41, 5.74) is 2.06. The molecule has 2 N–H and O–H groups in total. The molecule has 1 aromatic carbocycles. The summed E-state index contributed by atoms with van der Waals surface area (Å²) < 4.78 is 13.1. The maximum atomic E-state index is 13.1. The number of halogens is 1. The van der Waals surface area contributed by atoms with Crippen molar-refractivity contribution in [2.75, 3.05) is 29.1 Å². The molecule has 4 unspecified atom stereocenters. The monoisotopic (exact) mass is 484 g/mol. The minimum absolute atomic E-state index is 0.00904. The Morgan fingerprint density at radius 1 is 1.15 bits per heavy atom. The molecule has 5 aliphatic rings. The van der Waals surface area contributed by atoms with Gasteiger partial charge in [-0.2, -0.15) is 4.98 Å². The van der Waals surface area contributed by atoms with Gasteiger partial charge in [-0.1, -0.05) is 23.7 Å². The fraction of sp³-hybridized carbons (Fsp3) is 0.600. The summed E-state index contributed by atoms with van der Waals surface area (Å²) in [7, 11) is -1.07. The molecule has 1 aromatic heterocycles. The van der Waals surface area contributed by atoms with Crippen molar-refractivity contribution in [1.29, 1.82) is 0 Å². The van der Waals surface area contributed by atoms with E-state index in [1.807, 2.05) is 12.1 Å². The van der Waals surface area contributed by atoms with Gasteiger partial charge in [0.15, 0.2) is 0 Å². The fourth-order valence-electron chi connectivity index (χ4n) is 6.64. The first kappa shape index (κ1) is 20.7. The maximum Gasteiger partial charge on any atom is 0.227 e. The van der Waals surface area contributed by atoms with Crippen LogP contribution in [0.1, 0.15) is 62.1 Å². The zero-order valence-electron chi connectivity index (χ0n) is 18.6. The summed E-state index contributed by atoms with van der Waals surface area (Å²) in [6.45, 7) is 1.04. The molecule has 1 spiro atoms. The third kappa shape index (κ3) is 3.11. The Bertz CT molecular complexity index is 1140. The number of fused-ring (bicyclic) bond motifs is 4. The van der Waals surface area contributed by atoms with Crippen molar-refractivity contribution < 1.29 is 9.32 Å². The largest absolute Gasteiger partial charge is 0.394 e. The predicted octanol–water partition coefficient (Wildman–Crippen LogP) is 3.99. The van der Waals surface area contributed by atoms with Crippen LogP contribution in [0, 0.1) is 5.92 Å². The van der Waals surface area contributed by atoms with Crippen molar-refractivity contribution in [2.45, 2.75) is 72.8 Å². The van der Waals surface area contributed by atoms with Gasteiger partial charge in [-0.3, -0.25) is 4.21 Å². The van der Waals surface area contributed by atoms with Crippen molar-refractivity contribution in [3.8, 4) is 0 Å². The third-order valence-electron chi connectivity index (χ3n) is 8.94. The molecule has 4 atom stereocenters. The third-order valence-corrected chi connectivity index (χ3v) is 10.8. The lowest BCUT2D eigenvalue weighted by Crippen LogP contribution is -2.49. The quantitative estimate of drug-likeness (QED) is 0.668. The molecular formula is C25H29ClN4O2S. The molecular weight excluding hydrogens is 456 g/mol. The molecule has 6 nitrogen and oxygen atoms in total. The van der Waals surface area contributed by atoms with E-state index in [-0.39, 0.29) is 17.6 Å². The molecule has 174 valence electrons. The van der Waals surface area contributed by atoms with E-state index >= 15 is 0 Å². The van der Waals surface area contributed by atoms with E-state index in [2.05, 4.69) is 22.3 Å². The average molecular weight is 485 g/mol. The number of aliphatic hydroxyl groups is 1. The molecule has 33 heavy (non-hydrogen) atoms. The minimum atomic E-state index is -1.07. The van der Waals surface area contributed by atoms with Gasteiger partial charge >= 0.3 is 0 Å². The highest BCUT2D eigenvalue weighted by Gasteiger charge is 2.56. The Labute approximate surface area is 201 Å². The maximum absolute atomic E-state index is 13.1. The Morgan fingerprint density at radius 3 is 2.55 bits per heavy atom. The molecule has 3 aliphatic carbocycles. The van der Waals surface area contributed by atoms with Crippen molar-refractivity contribution in [1.82, 2.24) is 9.97 Å². The summed E-state index contributed by atoms with van der Waals surface area (Å²) in [5.74, 6) is 3.32. The summed E-state index contributed by atoms with van der Waals surface area (Å²) in [6.07, 6.45) is 7.35. The number of rotatable bonds is 5. The van der Waals surface area contributed by atoms with E-state index in [1.165, 1.54) is 5.56 Å². The van der Waals surface area contributed by atoms with Crippen molar-refractivity contribution in [2.24, 2.45) is 5.92 Å². The Balaban J connectivity index is 1.22. The summed E-state index contributed by atoms with van der Waals surface area (Å²) in [5, 5.41) is 14.4. The lowest BCUT2D eigenvalue weighted by molar-refractivity contribution is 0.143. The van der Waals surface area contributed by atoms with Gasteiger partial charge in [-0.05, 0) is 74.5 Å². The van der Waals surface area contributed by atoms with Crippen LogP contribution in [-0.2, 0) is 16.2 Å². The van der Waals surface area contributed by atoms with Crippen molar-refractivity contribution in [3.63, 3.8) is 0 Å². The molecule has 3 saturated carbocycles. The van der Waals surface area contributed by atoms with Gasteiger partial charge in [-0.15, -0.1) is 0 Å². The van der Waals surface area contributed by atoms with E-state index in [9.17, 15) is 9.32 Å². The number of benzene rings is 1. The standard InChI is InChI=1S/C25H29ClN4O2S/c26-17-4-2-15(3-5-17)19-11-18-10-16(19)12-30(18)23-27-21-20(33(32)14-24(21)8-9-24)22(28-23)29-25(13-31)6-1-7-25/h2-5,16,18-19,31H,1,6-14H2,(H,27,28,29). The smallest absolute Gasteiger partial charge is 0.227 e. The highest BCUT2D eigenvalue weighted by atomic mass is 35.5. The zero-order chi connectivity index (χ0) is 22.4. The molecule has 2 aromatic rings. The van der Waals surface area contributed by atoms with Gasteiger partial charge in [-0.25, -0.2) is 4.98 Å². The van der Waals surface area contributed by atoms with E-state index in [0.29, 0.717) is 29.4 Å². The van der Waals surface area contributed by atoms with Crippen LogP contribution in [0.15, 0.2) is 29.2 Å². The lowest BCUT2D eigenvalue weighted by Gasteiger charge is -2.42. The number of nitrogens with one attached hydrogen (secondary N) is 1. The summed E-state index contributed by atoms with van der Waals surface area (Å²) in [6, 6.07) is 8.76. The molecule has 8 heteroatoms. The second-order valence-electron chi connectivity index (χ2n) is 10.9. The molecule has 4 fully saturated rings. The van der Waals surface area contributed by atoms with Gasteiger partial charge in [0, 0.05) is 28.8 Å². The normalized spacial score (nSPS) is 32.1. The number of aliphatic hydroxyl groups excluding tert-OH is 1.